The standard InChI is InChI=1S/C20H16F2N4O4S/c1-27-13-7-10(5-6-12(13)29-20(21)22)17-25-15(30-26-17)8-28-18-16-11-3-2-4-14(11)31-19(16)24-9-23-18/h5-7,9,20H,2-4,8H2,1H3. The first-order chi connectivity index (χ1) is 15.1. The van der Waals surface area contributed by atoms with Gasteiger partial charge in [0.15, 0.2) is 18.1 Å². The second kappa shape index (κ2) is 8.06. The first-order valence-electron chi connectivity index (χ1n) is 9.46. The van der Waals surface area contributed by atoms with Crippen LogP contribution in [0.4, 0.5) is 8.78 Å². The van der Waals surface area contributed by atoms with Crippen molar-refractivity contribution in [2.24, 2.45) is 0 Å². The van der Waals surface area contributed by atoms with Crippen molar-refractivity contribution in [3.8, 4) is 28.8 Å². The fourth-order valence-corrected chi connectivity index (χ4v) is 4.79. The van der Waals surface area contributed by atoms with Gasteiger partial charge in [-0.05, 0) is 43.0 Å². The molecule has 0 unspecified atom stereocenters. The molecule has 8 nitrogen and oxygen atoms in total. The summed E-state index contributed by atoms with van der Waals surface area (Å²) in [6.07, 6.45) is 4.67. The van der Waals surface area contributed by atoms with Crippen LogP contribution in [0.3, 0.4) is 0 Å². The summed E-state index contributed by atoms with van der Waals surface area (Å²) in [5, 5.41) is 4.89. The second-order valence-electron chi connectivity index (χ2n) is 6.76. The third kappa shape index (κ3) is 3.76. The molecule has 0 radical (unpaired) electrons. The Kier molecular flexibility index (Phi) is 5.10. The van der Waals surface area contributed by atoms with Gasteiger partial charge >= 0.3 is 6.61 Å². The predicted molar refractivity (Wildman–Crippen MR) is 107 cm³/mol. The summed E-state index contributed by atoms with van der Waals surface area (Å²) in [7, 11) is 1.36. The number of thiophene rings is 1. The quantitative estimate of drug-likeness (QED) is 0.412. The third-order valence-electron chi connectivity index (χ3n) is 4.90. The number of halogens is 2. The molecule has 0 bridgehead atoms. The number of fused-ring (bicyclic) bond motifs is 3. The highest BCUT2D eigenvalue weighted by atomic mass is 32.1. The van der Waals surface area contributed by atoms with Crippen LogP contribution in [0.1, 0.15) is 22.8 Å². The van der Waals surface area contributed by atoms with E-state index in [9.17, 15) is 8.78 Å². The molecule has 0 saturated heterocycles. The number of aryl methyl sites for hydroxylation is 2. The van der Waals surface area contributed by atoms with E-state index in [0.29, 0.717) is 11.4 Å². The van der Waals surface area contributed by atoms with Gasteiger partial charge in [0.1, 0.15) is 11.2 Å². The Morgan fingerprint density at radius 2 is 2.10 bits per heavy atom. The molecule has 1 aliphatic rings. The molecule has 31 heavy (non-hydrogen) atoms. The molecule has 1 aromatic carbocycles. The monoisotopic (exact) mass is 446 g/mol. The highest BCUT2D eigenvalue weighted by molar-refractivity contribution is 7.18. The maximum atomic E-state index is 12.5. The zero-order chi connectivity index (χ0) is 21.4. The second-order valence-corrected chi connectivity index (χ2v) is 7.84. The molecule has 0 fully saturated rings. The summed E-state index contributed by atoms with van der Waals surface area (Å²) in [5.74, 6) is 1.07. The highest BCUT2D eigenvalue weighted by Gasteiger charge is 2.22. The lowest BCUT2D eigenvalue weighted by Gasteiger charge is -2.10. The molecule has 0 amide bonds. The van der Waals surface area contributed by atoms with Crippen LogP contribution >= 0.6 is 11.3 Å². The van der Waals surface area contributed by atoms with Gasteiger partial charge in [0.2, 0.25) is 11.7 Å². The molecule has 11 heteroatoms. The Labute approximate surface area is 178 Å². The molecule has 4 aromatic rings. The maximum Gasteiger partial charge on any atom is 0.387 e. The van der Waals surface area contributed by atoms with Crippen molar-refractivity contribution >= 4 is 21.6 Å². The van der Waals surface area contributed by atoms with Crippen molar-refractivity contribution in [2.45, 2.75) is 32.5 Å². The molecular weight excluding hydrogens is 430 g/mol. The minimum absolute atomic E-state index is 0.0352. The predicted octanol–water partition coefficient (Wildman–Crippen LogP) is 4.42. The van der Waals surface area contributed by atoms with E-state index in [1.54, 1.807) is 17.4 Å². The van der Waals surface area contributed by atoms with Crippen molar-refractivity contribution in [3.05, 3.63) is 40.9 Å². The highest BCUT2D eigenvalue weighted by Crippen LogP contribution is 2.40. The molecule has 0 saturated carbocycles. The Hall–Kier alpha value is -3.34. The van der Waals surface area contributed by atoms with Crippen molar-refractivity contribution in [1.82, 2.24) is 20.1 Å². The van der Waals surface area contributed by atoms with E-state index in [1.165, 1.54) is 36.0 Å². The number of rotatable bonds is 7. The van der Waals surface area contributed by atoms with Gasteiger partial charge in [-0.15, -0.1) is 11.3 Å². The molecule has 5 rings (SSSR count). The molecule has 0 aliphatic heterocycles. The number of alkyl halides is 2. The van der Waals surface area contributed by atoms with Crippen molar-refractivity contribution in [1.29, 1.82) is 0 Å². The van der Waals surface area contributed by atoms with Gasteiger partial charge in [0.25, 0.3) is 5.89 Å². The lowest BCUT2D eigenvalue weighted by atomic mass is 10.2. The van der Waals surface area contributed by atoms with Crippen molar-refractivity contribution in [2.75, 3.05) is 7.11 Å². The molecule has 3 aromatic heterocycles. The van der Waals surface area contributed by atoms with Gasteiger partial charge in [-0.25, -0.2) is 9.97 Å². The first-order valence-corrected chi connectivity index (χ1v) is 10.3. The minimum Gasteiger partial charge on any atom is -0.493 e. The van der Waals surface area contributed by atoms with Gasteiger partial charge in [-0.1, -0.05) is 5.16 Å². The van der Waals surface area contributed by atoms with E-state index in [4.69, 9.17) is 14.0 Å². The Bertz CT molecular complexity index is 1240. The number of aromatic nitrogens is 4. The lowest BCUT2D eigenvalue weighted by Crippen LogP contribution is -2.03. The zero-order valence-electron chi connectivity index (χ0n) is 16.3. The van der Waals surface area contributed by atoms with Gasteiger partial charge < -0.3 is 18.7 Å². The van der Waals surface area contributed by atoms with E-state index in [2.05, 4.69) is 24.8 Å². The summed E-state index contributed by atoms with van der Waals surface area (Å²) < 4.78 is 45.7. The normalized spacial score (nSPS) is 13.0. The zero-order valence-corrected chi connectivity index (χ0v) is 17.1. The molecule has 1 aliphatic carbocycles. The van der Waals surface area contributed by atoms with Gasteiger partial charge in [-0.3, -0.25) is 0 Å². The SMILES string of the molecule is COc1cc(-c2noc(COc3ncnc4sc5c(c34)CCC5)n2)ccc1OC(F)F. The van der Waals surface area contributed by atoms with Crippen LogP contribution in [0.5, 0.6) is 17.4 Å². The number of ether oxygens (including phenoxy) is 3. The number of nitrogens with zero attached hydrogens (tertiary/aromatic N) is 4. The Morgan fingerprint density at radius 1 is 1.19 bits per heavy atom. The summed E-state index contributed by atoms with van der Waals surface area (Å²) in [4.78, 5) is 15.2. The summed E-state index contributed by atoms with van der Waals surface area (Å²) >= 11 is 1.68. The molecule has 3 heterocycles. The van der Waals surface area contributed by atoms with Gasteiger partial charge in [0.05, 0.1) is 12.5 Å². The maximum absolute atomic E-state index is 12.5. The van der Waals surface area contributed by atoms with Crippen LogP contribution in [0.15, 0.2) is 29.0 Å². The minimum atomic E-state index is -2.95. The van der Waals surface area contributed by atoms with E-state index in [0.717, 1.165) is 29.5 Å². The topological polar surface area (TPSA) is 92.4 Å². The number of benzene rings is 1. The van der Waals surface area contributed by atoms with Crippen LogP contribution in [0.2, 0.25) is 0 Å². The van der Waals surface area contributed by atoms with Crippen LogP contribution in [-0.4, -0.2) is 33.8 Å². The van der Waals surface area contributed by atoms with Gasteiger partial charge in [-0.2, -0.15) is 13.8 Å². The van der Waals surface area contributed by atoms with E-state index < -0.39 is 6.61 Å². The molecule has 0 spiro atoms. The first kappa shape index (κ1) is 19.6. The number of hydrogen-bond acceptors (Lipinski definition) is 9. The molecule has 0 N–H and O–H groups in total. The Balaban J connectivity index is 1.35. The fraction of sp³-hybridized carbons (Fsp3) is 0.300. The third-order valence-corrected chi connectivity index (χ3v) is 6.10. The Morgan fingerprint density at radius 3 is 2.94 bits per heavy atom. The lowest BCUT2D eigenvalue weighted by molar-refractivity contribution is -0.0512. The average Bonchev–Trinajstić information content (AvgIpc) is 3.48. The summed E-state index contributed by atoms with van der Waals surface area (Å²) in [6, 6.07) is 4.40. The van der Waals surface area contributed by atoms with Crippen molar-refractivity contribution < 1.29 is 27.5 Å². The van der Waals surface area contributed by atoms with Crippen LogP contribution in [-0.2, 0) is 19.4 Å². The molecule has 160 valence electrons. The largest absolute Gasteiger partial charge is 0.493 e. The average molecular weight is 446 g/mol. The van der Waals surface area contributed by atoms with Crippen LogP contribution in [0.25, 0.3) is 21.6 Å². The number of methoxy groups -OCH3 is 1. The molecule has 0 atom stereocenters. The number of hydrogen-bond donors (Lipinski definition) is 0. The van der Waals surface area contributed by atoms with E-state index in [-0.39, 0.29) is 29.8 Å². The smallest absolute Gasteiger partial charge is 0.387 e. The molecular formula is C20H16F2N4O4S. The van der Waals surface area contributed by atoms with Gasteiger partial charge in [0, 0.05) is 10.4 Å². The van der Waals surface area contributed by atoms with Crippen LogP contribution in [0, 0.1) is 0 Å². The summed E-state index contributed by atoms with van der Waals surface area (Å²) in [6.45, 7) is -2.92. The van der Waals surface area contributed by atoms with Crippen molar-refractivity contribution in [3.63, 3.8) is 0 Å². The van der Waals surface area contributed by atoms with E-state index >= 15 is 0 Å². The fourth-order valence-electron chi connectivity index (χ4n) is 3.57. The van der Waals surface area contributed by atoms with Crippen LogP contribution < -0.4 is 14.2 Å². The van der Waals surface area contributed by atoms with E-state index in [1.807, 2.05) is 0 Å². The summed E-state index contributed by atoms with van der Waals surface area (Å²) in [5.41, 5.74) is 1.79.